The summed E-state index contributed by atoms with van der Waals surface area (Å²) < 4.78 is 4.80. The van der Waals surface area contributed by atoms with Gasteiger partial charge in [-0.25, -0.2) is 4.98 Å². The van der Waals surface area contributed by atoms with Gasteiger partial charge in [0.15, 0.2) is 5.82 Å². The fourth-order valence-corrected chi connectivity index (χ4v) is 1.57. The second-order valence-electron chi connectivity index (χ2n) is 4.23. The maximum Gasteiger partial charge on any atom is 0.291 e. The van der Waals surface area contributed by atoms with Crippen LogP contribution in [0.15, 0.2) is 4.52 Å². The van der Waals surface area contributed by atoms with Crippen molar-refractivity contribution in [1.82, 2.24) is 30.6 Å². The Morgan fingerprint density at radius 1 is 1.50 bits per heavy atom. The average Bonchev–Trinajstić information content (AvgIpc) is 2.94. The van der Waals surface area contributed by atoms with Gasteiger partial charge in [0, 0.05) is 12.8 Å². The number of hydrogen-bond donors (Lipinski definition) is 2. The Labute approximate surface area is 102 Å². The number of hydrogen-bond acceptors (Lipinski definition) is 6. The van der Waals surface area contributed by atoms with Crippen LogP contribution in [0.1, 0.15) is 46.9 Å². The highest BCUT2D eigenvalue weighted by molar-refractivity contribution is 5.90. The minimum atomic E-state index is -0.347. The van der Waals surface area contributed by atoms with E-state index in [1.807, 2.05) is 0 Å². The standard InChI is InChI=1S/C10H12N6O2/c1-5-12-7(16-18-5)4-11-10(17)9-13-8(14-15-9)6-2-3-6/h6H,2-4H2,1H3,(H,11,17)(H,13,14,15). The molecule has 1 fully saturated rings. The molecule has 1 aliphatic rings. The zero-order valence-corrected chi connectivity index (χ0v) is 9.80. The Balaban J connectivity index is 1.59. The van der Waals surface area contributed by atoms with E-state index >= 15 is 0 Å². The van der Waals surface area contributed by atoms with Crippen molar-refractivity contribution in [2.24, 2.45) is 0 Å². The monoisotopic (exact) mass is 248 g/mol. The normalized spacial score (nSPS) is 14.7. The van der Waals surface area contributed by atoms with E-state index in [9.17, 15) is 4.79 Å². The molecule has 2 N–H and O–H groups in total. The number of nitrogens with zero attached hydrogens (tertiary/aromatic N) is 4. The van der Waals surface area contributed by atoms with Crippen LogP contribution in [-0.2, 0) is 6.54 Å². The molecule has 3 rings (SSSR count). The van der Waals surface area contributed by atoms with E-state index in [2.05, 4.69) is 30.6 Å². The predicted octanol–water partition coefficient (Wildman–Crippen LogP) is 0.304. The number of H-pyrrole nitrogens is 1. The second kappa shape index (κ2) is 4.21. The molecule has 0 bridgehead atoms. The molecule has 2 heterocycles. The molecule has 0 saturated heterocycles. The van der Waals surface area contributed by atoms with E-state index in [1.54, 1.807) is 6.92 Å². The molecule has 0 unspecified atom stereocenters. The molecule has 0 radical (unpaired) electrons. The summed E-state index contributed by atoms with van der Waals surface area (Å²) in [5.74, 6) is 1.93. The molecule has 1 saturated carbocycles. The first-order chi connectivity index (χ1) is 8.72. The number of aryl methyl sites for hydroxylation is 1. The van der Waals surface area contributed by atoms with Crippen LogP contribution >= 0.6 is 0 Å². The number of rotatable bonds is 4. The minimum Gasteiger partial charge on any atom is -0.342 e. The Hall–Kier alpha value is -2.25. The van der Waals surface area contributed by atoms with Crippen molar-refractivity contribution < 1.29 is 9.32 Å². The van der Waals surface area contributed by atoms with Gasteiger partial charge < -0.3 is 9.84 Å². The maximum absolute atomic E-state index is 11.7. The lowest BCUT2D eigenvalue weighted by Crippen LogP contribution is -2.24. The Bertz CT molecular complexity index is 570. The molecular weight excluding hydrogens is 236 g/mol. The Morgan fingerprint density at radius 3 is 3.00 bits per heavy atom. The first-order valence-electron chi connectivity index (χ1n) is 5.72. The van der Waals surface area contributed by atoms with Crippen LogP contribution in [0.2, 0.25) is 0 Å². The number of aromatic nitrogens is 5. The minimum absolute atomic E-state index is 0.150. The first kappa shape index (κ1) is 10.9. The highest BCUT2D eigenvalue weighted by Gasteiger charge is 2.28. The lowest BCUT2D eigenvalue weighted by Gasteiger charge is -1.96. The lowest BCUT2D eigenvalue weighted by atomic mass is 10.4. The van der Waals surface area contributed by atoms with Crippen molar-refractivity contribution in [3.63, 3.8) is 0 Å². The molecule has 0 aliphatic heterocycles. The molecule has 1 aliphatic carbocycles. The van der Waals surface area contributed by atoms with E-state index in [0.29, 0.717) is 17.6 Å². The van der Waals surface area contributed by atoms with Gasteiger partial charge >= 0.3 is 0 Å². The number of carbonyl (C=O) groups is 1. The molecule has 0 aromatic carbocycles. The summed E-state index contributed by atoms with van der Waals surface area (Å²) in [4.78, 5) is 19.9. The quantitative estimate of drug-likeness (QED) is 0.805. The smallest absolute Gasteiger partial charge is 0.291 e. The van der Waals surface area contributed by atoms with Crippen LogP contribution in [0.4, 0.5) is 0 Å². The summed E-state index contributed by atoms with van der Waals surface area (Å²) in [5.41, 5.74) is 0. The number of amides is 1. The summed E-state index contributed by atoms with van der Waals surface area (Å²) in [6.07, 6.45) is 2.22. The summed E-state index contributed by atoms with van der Waals surface area (Å²) in [5, 5.41) is 13.0. The van der Waals surface area contributed by atoms with Crippen LogP contribution in [0.3, 0.4) is 0 Å². The van der Waals surface area contributed by atoms with Gasteiger partial charge in [-0.2, -0.15) is 4.98 Å². The summed E-state index contributed by atoms with van der Waals surface area (Å²) >= 11 is 0. The zero-order valence-electron chi connectivity index (χ0n) is 9.80. The first-order valence-corrected chi connectivity index (χ1v) is 5.72. The highest BCUT2D eigenvalue weighted by atomic mass is 16.5. The van der Waals surface area contributed by atoms with Crippen LogP contribution < -0.4 is 5.32 Å². The predicted molar refractivity (Wildman–Crippen MR) is 58.6 cm³/mol. The summed E-state index contributed by atoms with van der Waals surface area (Å²) in [6.45, 7) is 1.89. The van der Waals surface area contributed by atoms with Gasteiger partial charge in [-0.1, -0.05) is 5.16 Å². The largest absolute Gasteiger partial charge is 0.342 e. The van der Waals surface area contributed by atoms with Crippen molar-refractivity contribution >= 4 is 5.91 Å². The van der Waals surface area contributed by atoms with Gasteiger partial charge in [0.2, 0.25) is 11.7 Å². The average molecular weight is 248 g/mol. The SMILES string of the molecule is Cc1nc(CNC(=O)c2n[nH]c(C3CC3)n2)no1. The van der Waals surface area contributed by atoms with E-state index < -0.39 is 0 Å². The maximum atomic E-state index is 11.7. The number of carbonyl (C=O) groups excluding carboxylic acids is 1. The van der Waals surface area contributed by atoms with Crippen molar-refractivity contribution in [3.8, 4) is 0 Å². The molecule has 2 aromatic rings. The van der Waals surface area contributed by atoms with E-state index in [-0.39, 0.29) is 18.3 Å². The molecule has 8 heteroatoms. The topological polar surface area (TPSA) is 110 Å². The highest BCUT2D eigenvalue weighted by Crippen LogP contribution is 2.37. The van der Waals surface area contributed by atoms with Gasteiger partial charge in [-0.15, -0.1) is 5.10 Å². The third-order valence-corrected chi connectivity index (χ3v) is 2.65. The van der Waals surface area contributed by atoms with Crippen molar-refractivity contribution in [3.05, 3.63) is 23.4 Å². The van der Waals surface area contributed by atoms with Gasteiger partial charge in [-0.05, 0) is 12.8 Å². The molecule has 0 spiro atoms. The Morgan fingerprint density at radius 2 is 2.33 bits per heavy atom. The summed E-state index contributed by atoms with van der Waals surface area (Å²) in [7, 11) is 0. The van der Waals surface area contributed by atoms with Crippen LogP contribution in [0.5, 0.6) is 0 Å². The van der Waals surface area contributed by atoms with Gasteiger partial charge in [-0.3, -0.25) is 9.89 Å². The van der Waals surface area contributed by atoms with Crippen LogP contribution in [0.25, 0.3) is 0 Å². The van der Waals surface area contributed by atoms with Gasteiger partial charge in [0.05, 0.1) is 6.54 Å². The van der Waals surface area contributed by atoms with Crippen LogP contribution in [-0.4, -0.2) is 31.2 Å². The summed E-state index contributed by atoms with van der Waals surface area (Å²) in [6, 6.07) is 0. The fourth-order valence-electron chi connectivity index (χ4n) is 1.57. The lowest BCUT2D eigenvalue weighted by molar-refractivity contribution is 0.0939. The third-order valence-electron chi connectivity index (χ3n) is 2.65. The molecular formula is C10H12N6O2. The van der Waals surface area contributed by atoms with Gasteiger partial charge in [0.25, 0.3) is 5.91 Å². The van der Waals surface area contributed by atoms with E-state index in [0.717, 1.165) is 18.7 Å². The van der Waals surface area contributed by atoms with Crippen molar-refractivity contribution in [2.75, 3.05) is 0 Å². The molecule has 8 nitrogen and oxygen atoms in total. The molecule has 94 valence electrons. The van der Waals surface area contributed by atoms with E-state index in [1.165, 1.54) is 0 Å². The van der Waals surface area contributed by atoms with Crippen molar-refractivity contribution in [1.29, 1.82) is 0 Å². The van der Waals surface area contributed by atoms with E-state index in [4.69, 9.17) is 4.52 Å². The molecule has 2 aromatic heterocycles. The number of aromatic amines is 1. The van der Waals surface area contributed by atoms with Crippen molar-refractivity contribution in [2.45, 2.75) is 32.2 Å². The fraction of sp³-hybridized carbons (Fsp3) is 0.500. The number of nitrogens with one attached hydrogen (secondary N) is 2. The zero-order chi connectivity index (χ0) is 12.5. The third kappa shape index (κ3) is 2.22. The van der Waals surface area contributed by atoms with Crippen LogP contribution in [0, 0.1) is 6.92 Å². The molecule has 18 heavy (non-hydrogen) atoms. The second-order valence-corrected chi connectivity index (χ2v) is 4.23. The molecule has 1 amide bonds. The molecule has 0 atom stereocenters. The Kier molecular flexibility index (Phi) is 2.54. The van der Waals surface area contributed by atoms with Gasteiger partial charge in [0.1, 0.15) is 5.82 Å².